The van der Waals surface area contributed by atoms with Crippen LogP contribution in [0, 0.1) is 6.92 Å². The Morgan fingerprint density at radius 3 is 2.29 bits per heavy atom. The molecule has 4 N–H and O–H groups in total. The second-order valence-electron chi connectivity index (χ2n) is 6.55. The summed E-state index contributed by atoms with van der Waals surface area (Å²) in [6.07, 6.45) is 4.03. The number of amides is 2. The average molecular weight is 354 g/mol. The van der Waals surface area contributed by atoms with Crippen LogP contribution in [-0.2, 0) is 9.59 Å². The van der Waals surface area contributed by atoms with Crippen LogP contribution in [0.2, 0.25) is 0 Å². The molecule has 1 fully saturated rings. The molecule has 0 bridgehead atoms. The molecular formula is C18H28ClN3O2. The number of carbonyl (C=O) groups is 2. The lowest BCUT2D eigenvalue weighted by Crippen LogP contribution is -2.42. The van der Waals surface area contributed by atoms with E-state index < -0.39 is 0 Å². The van der Waals surface area contributed by atoms with E-state index in [-0.39, 0.29) is 48.8 Å². The number of hydrogen-bond donors (Lipinski definition) is 3. The Morgan fingerprint density at radius 2 is 1.75 bits per heavy atom. The Bertz CT molecular complexity index is 540. The van der Waals surface area contributed by atoms with Gasteiger partial charge in [-0.25, -0.2) is 0 Å². The average Bonchev–Trinajstić information content (AvgIpc) is 2.49. The molecule has 0 radical (unpaired) electrons. The highest BCUT2D eigenvalue weighted by Gasteiger charge is 2.22. The second kappa shape index (κ2) is 9.64. The van der Waals surface area contributed by atoms with Gasteiger partial charge in [-0.3, -0.25) is 9.59 Å². The summed E-state index contributed by atoms with van der Waals surface area (Å²) in [4.78, 5) is 23.8. The van der Waals surface area contributed by atoms with Crippen molar-refractivity contribution < 1.29 is 9.59 Å². The zero-order valence-electron chi connectivity index (χ0n) is 14.4. The molecule has 0 heterocycles. The van der Waals surface area contributed by atoms with E-state index in [0.29, 0.717) is 0 Å². The zero-order valence-corrected chi connectivity index (χ0v) is 15.2. The van der Waals surface area contributed by atoms with Crippen molar-refractivity contribution in [1.29, 1.82) is 0 Å². The first kappa shape index (κ1) is 20.5. The lowest BCUT2D eigenvalue weighted by atomic mass is 9.91. The van der Waals surface area contributed by atoms with E-state index in [1.807, 2.05) is 31.2 Å². The van der Waals surface area contributed by atoms with Gasteiger partial charge in [0.1, 0.15) is 0 Å². The number of nitrogens with two attached hydrogens (primary N) is 1. The summed E-state index contributed by atoms with van der Waals surface area (Å²) >= 11 is 0. The van der Waals surface area contributed by atoms with Gasteiger partial charge >= 0.3 is 0 Å². The number of hydrogen-bond acceptors (Lipinski definition) is 3. The predicted octanol–water partition coefficient (Wildman–Crippen LogP) is 2.37. The van der Waals surface area contributed by atoms with Gasteiger partial charge in [-0.15, -0.1) is 12.4 Å². The van der Waals surface area contributed by atoms with Crippen molar-refractivity contribution in [1.82, 2.24) is 10.6 Å². The number of benzene rings is 1. The number of rotatable bonds is 5. The van der Waals surface area contributed by atoms with Crippen LogP contribution < -0.4 is 16.4 Å². The maximum Gasteiger partial charge on any atom is 0.222 e. The Morgan fingerprint density at radius 1 is 1.17 bits per heavy atom. The molecule has 0 spiro atoms. The normalized spacial score (nSPS) is 21.3. The van der Waals surface area contributed by atoms with Crippen molar-refractivity contribution in [3.05, 3.63) is 35.4 Å². The molecule has 0 aromatic heterocycles. The van der Waals surface area contributed by atoms with E-state index in [1.165, 1.54) is 6.92 Å². The van der Waals surface area contributed by atoms with Gasteiger partial charge in [-0.1, -0.05) is 29.8 Å². The maximum atomic E-state index is 12.3. The lowest BCUT2D eigenvalue weighted by Gasteiger charge is -2.27. The molecular weight excluding hydrogens is 326 g/mol. The highest BCUT2D eigenvalue weighted by Crippen LogP contribution is 2.20. The van der Waals surface area contributed by atoms with E-state index in [4.69, 9.17) is 5.73 Å². The van der Waals surface area contributed by atoms with Crippen LogP contribution in [0.25, 0.3) is 0 Å². The molecule has 1 aliphatic rings. The molecule has 1 unspecified atom stereocenters. The van der Waals surface area contributed by atoms with Crippen molar-refractivity contribution in [2.24, 2.45) is 5.73 Å². The summed E-state index contributed by atoms with van der Waals surface area (Å²) in [6, 6.07) is 8.08. The molecule has 0 aliphatic heterocycles. The number of halogens is 1. The van der Waals surface area contributed by atoms with Gasteiger partial charge < -0.3 is 16.4 Å². The van der Waals surface area contributed by atoms with Crippen LogP contribution in [0.1, 0.15) is 56.2 Å². The monoisotopic (exact) mass is 353 g/mol. The molecule has 1 aromatic carbocycles. The molecule has 2 rings (SSSR count). The van der Waals surface area contributed by atoms with E-state index >= 15 is 0 Å². The van der Waals surface area contributed by atoms with E-state index in [2.05, 4.69) is 10.6 Å². The zero-order chi connectivity index (χ0) is 16.8. The van der Waals surface area contributed by atoms with Crippen LogP contribution in [0.15, 0.2) is 24.3 Å². The fraction of sp³-hybridized carbons (Fsp3) is 0.556. The van der Waals surface area contributed by atoms with Crippen molar-refractivity contribution in [3.8, 4) is 0 Å². The molecule has 1 aliphatic carbocycles. The SMILES string of the molecule is CC(=O)NC(CC(=O)NC1CCC(N)CC1)c1ccc(C)cc1.Cl. The smallest absolute Gasteiger partial charge is 0.222 e. The standard InChI is InChI=1S/C18H27N3O2.ClH/c1-12-3-5-14(6-4-12)17(20-13(2)22)11-18(23)21-16-9-7-15(19)8-10-16;/h3-6,15-17H,7-11,19H2,1-2H3,(H,20,22)(H,21,23);1H. The van der Waals surface area contributed by atoms with Gasteiger partial charge in [0.25, 0.3) is 0 Å². The molecule has 1 aromatic rings. The second-order valence-corrected chi connectivity index (χ2v) is 6.55. The minimum atomic E-state index is -0.293. The molecule has 6 heteroatoms. The minimum absolute atomic E-state index is 0. The fourth-order valence-electron chi connectivity index (χ4n) is 3.03. The largest absolute Gasteiger partial charge is 0.353 e. The first-order valence-electron chi connectivity index (χ1n) is 8.32. The van der Waals surface area contributed by atoms with Gasteiger partial charge in [0.15, 0.2) is 0 Å². The third-order valence-electron chi connectivity index (χ3n) is 4.38. The number of nitrogens with one attached hydrogen (secondary N) is 2. The Balaban J connectivity index is 0.00000288. The summed E-state index contributed by atoms with van der Waals surface area (Å²) in [5, 5.41) is 5.95. The summed E-state index contributed by atoms with van der Waals surface area (Å²) < 4.78 is 0. The van der Waals surface area contributed by atoms with Crippen LogP contribution in [-0.4, -0.2) is 23.9 Å². The molecule has 5 nitrogen and oxygen atoms in total. The Kier molecular flexibility index (Phi) is 8.22. The molecule has 134 valence electrons. The molecule has 1 saturated carbocycles. The van der Waals surface area contributed by atoms with Gasteiger partial charge in [0.05, 0.1) is 12.5 Å². The van der Waals surface area contributed by atoms with Crippen molar-refractivity contribution in [2.45, 2.75) is 64.1 Å². The third-order valence-corrected chi connectivity index (χ3v) is 4.38. The summed E-state index contributed by atoms with van der Waals surface area (Å²) in [6.45, 7) is 3.49. The van der Waals surface area contributed by atoms with Gasteiger partial charge in [-0.05, 0) is 38.2 Å². The number of carbonyl (C=O) groups excluding carboxylic acids is 2. The maximum absolute atomic E-state index is 12.3. The van der Waals surface area contributed by atoms with E-state index in [9.17, 15) is 9.59 Å². The van der Waals surface area contributed by atoms with Crippen molar-refractivity contribution >= 4 is 24.2 Å². The molecule has 0 saturated heterocycles. The van der Waals surface area contributed by atoms with Crippen LogP contribution >= 0.6 is 12.4 Å². The van der Waals surface area contributed by atoms with Crippen LogP contribution in [0.5, 0.6) is 0 Å². The molecule has 24 heavy (non-hydrogen) atoms. The minimum Gasteiger partial charge on any atom is -0.353 e. The first-order chi connectivity index (χ1) is 10.9. The van der Waals surface area contributed by atoms with Crippen molar-refractivity contribution in [2.75, 3.05) is 0 Å². The highest BCUT2D eigenvalue weighted by molar-refractivity contribution is 5.85. The highest BCUT2D eigenvalue weighted by atomic mass is 35.5. The third kappa shape index (κ3) is 6.49. The lowest BCUT2D eigenvalue weighted by molar-refractivity contribution is -0.123. The van der Waals surface area contributed by atoms with Crippen LogP contribution in [0.3, 0.4) is 0 Å². The summed E-state index contributed by atoms with van der Waals surface area (Å²) in [7, 11) is 0. The molecule has 1 atom stereocenters. The topological polar surface area (TPSA) is 84.2 Å². The summed E-state index contributed by atoms with van der Waals surface area (Å²) in [5.41, 5.74) is 7.99. The van der Waals surface area contributed by atoms with Crippen molar-refractivity contribution in [3.63, 3.8) is 0 Å². The van der Waals surface area contributed by atoms with Crippen LogP contribution in [0.4, 0.5) is 0 Å². The first-order valence-corrected chi connectivity index (χ1v) is 8.32. The predicted molar refractivity (Wildman–Crippen MR) is 98.0 cm³/mol. The quantitative estimate of drug-likeness (QED) is 0.759. The van der Waals surface area contributed by atoms with E-state index in [0.717, 1.165) is 36.8 Å². The Hall–Kier alpha value is -1.59. The summed E-state index contributed by atoms with van der Waals surface area (Å²) in [5.74, 6) is -0.156. The number of aryl methyl sites for hydroxylation is 1. The van der Waals surface area contributed by atoms with E-state index in [1.54, 1.807) is 0 Å². The Labute approximate surface area is 150 Å². The van der Waals surface area contributed by atoms with Gasteiger partial charge in [0, 0.05) is 19.0 Å². The fourth-order valence-corrected chi connectivity index (χ4v) is 3.03. The van der Waals surface area contributed by atoms with Gasteiger partial charge in [0.2, 0.25) is 11.8 Å². The van der Waals surface area contributed by atoms with Gasteiger partial charge in [-0.2, -0.15) is 0 Å². The molecule has 2 amide bonds.